The SMILES string of the molecule is CCCCCCC/C=C\C/C=C\C/C=C\CCCCCCCCCCC(=O)NC(COC1OC(CO)C(O)C(O)C1O)C(O)/C=C/CCCCCCCCCCC. The highest BCUT2D eigenvalue weighted by Gasteiger charge is 2.44. The Balaban J connectivity index is 2.30. The first-order valence-corrected chi connectivity index (χ1v) is 23.4. The fourth-order valence-corrected chi connectivity index (χ4v) is 7.10. The van der Waals surface area contributed by atoms with E-state index in [0.29, 0.717) is 6.42 Å². The van der Waals surface area contributed by atoms with Gasteiger partial charge in [0, 0.05) is 6.42 Å². The largest absolute Gasteiger partial charge is 0.394 e. The van der Waals surface area contributed by atoms with Gasteiger partial charge in [-0.2, -0.15) is 0 Å². The molecule has 9 heteroatoms. The normalized spacial score (nSPS) is 21.4. The number of carbonyl (C=O) groups excluding carboxylic acids is 1. The van der Waals surface area contributed by atoms with Crippen molar-refractivity contribution in [2.24, 2.45) is 0 Å². The molecule has 0 aromatic rings. The molecule has 1 aliphatic rings. The molecule has 1 fully saturated rings. The fourth-order valence-electron chi connectivity index (χ4n) is 7.10. The first kappa shape index (κ1) is 53.2. The molecule has 0 saturated carbocycles. The van der Waals surface area contributed by atoms with Gasteiger partial charge in [0.25, 0.3) is 0 Å². The van der Waals surface area contributed by atoms with Gasteiger partial charge < -0.3 is 40.3 Å². The summed E-state index contributed by atoms with van der Waals surface area (Å²) in [6.45, 7) is 3.73. The predicted molar refractivity (Wildman–Crippen MR) is 235 cm³/mol. The van der Waals surface area contributed by atoms with Crippen LogP contribution in [0.5, 0.6) is 0 Å². The zero-order valence-corrected chi connectivity index (χ0v) is 36.3. The van der Waals surface area contributed by atoms with Gasteiger partial charge in [-0.15, -0.1) is 0 Å². The molecule has 0 aromatic carbocycles. The smallest absolute Gasteiger partial charge is 0.220 e. The third-order valence-electron chi connectivity index (χ3n) is 10.9. The lowest BCUT2D eigenvalue weighted by atomic mass is 9.99. The summed E-state index contributed by atoms with van der Waals surface area (Å²) in [4.78, 5) is 12.9. The molecule has 0 spiro atoms. The van der Waals surface area contributed by atoms with Gasteiger partial charge in [-0.25, -0.2) is 0 Å². The van der Waals surface area contributed by atoms with E-state index >= 15 is 0 Å². The molecular weight excluding hydrogens is 719 g/mol. The summed E-state index contributed by atoms with van der Waals surface area (Å²) in [6, 6.07) is -0.808. The second-order valence-electron chi connectivity index (χ2n) is 16.2. The number of nitrogens with one attached hydrogen (secondary N) is 1. The van der Waals surface area contributed by atoms with Gasteiger partial charge in [0.15, 0.2) is 6.29 Å². The summed E-state index contributed by atoms with van der Waals surface area (Å²) in [5.74, 6) is -0.187. The average Bonchev–Trinajstić information content (AvgIpc) is 3.21. The third-order valence-corrected chi connectivity index (χ3v) is 10.9. The number of carbonyl (C=O) groups is 1. The highest BCUT2D eigenvalue weighted by atomic mass is 16.7. The van der Waals surface area contributed by atoms with Gasteiger partial charge in [0.2, 0.25) is 5.91 Å². The molecule has 1 heterocycles. The van der Waals surface area contributed by atoms with Crippen molar-refractivity contribution in [2.75, 3.05) is 13.2 Å². The summed E-state index contributed by atoms with van der Waals surface area (Å²) in [5.41, 5.74) is 0. The Kier molecular flexibility index (Phi) is 35.8. The lowest BCUT2D eigenvalue weighted by molar-refractivity contribution is -0.302. The van der Waals surface area contributed by atoms with Crippen LogP contribution in [-0.4, -0.2) is 87.5 Å². The highest BCUT2D eigenvalue weighted by Crippen LogP contribution is 2.22. The van der Waals surface area contributed by atoms with E-state index in [9.17, 15) is 30.3 Å². The van der Waals surface area contributed by atoms with Gasteiger partial charge >= 0.3 is 0 Å². The third kappa shape index (κ3) is 29.1. The average molecular weight is 806 g/mol. The van der Waals surface area contributed by atoms with Crippen molar-refractivity contribution in [2.45, 2.75) is 236 Å². The van der Waals surface area contributed by atoms with Gasteiger partial charge in [-0.05, 0) is 57.8 Å². The molecule has 9 nitrogen and oxygen atoms in total. The van der Waals surface area contributed by atoms with Crippen LogP contribution in [0.2, 0.25) is 0 Å². The molecule has 0 aliphatic carbocycles. The van der Waals surface area contributed by atoms with E-state index in [1.54, 1.807) is 6.08 Å². The Hall–Kier alpha value is -1.85. The Morgan fingerprint density at radius 2 is 1.04 bits per heavy atom. The number of amides is 1. The van der Waals surface area contributed by atoms with Crippen LogP contribution in [0.4, 0.5) is 0 Å². The van der Waals surface area contributed by atoms with Gasteiger partial charge in [0.05, 0.1) is 25.4 Å². The molecule has 1 saturated heterocycles. The molecule has 7 unspecified atom stereocenters. The van der Waals surface area contributed by atoms with Crippen LogP contribution < -0.4 is 5.32 Å². The number of hydrogen-bond acceptors (Lipinski definition) is 8. The highest BCUT2D eigenvalue weighted by molar-refractivity contribution is 5.76. The molecule has 0 radical (unpaired) electrons. The molecule has 57 heavy (non-hydrogen) atoms. The maximum Gasteiger partial charge on any atom is 0.220 e. The number of aliphatic hydroxyl groups excluding tert-OH is 5. The van der Waals surface area contributed by atoms with Crippen LogP contribution in [0.1, 0.15) is 194 Å². The van der Waals surface area contributed by atoms with Crippen LogP contribution in [-0.2, 0) is 14.3 Å². The predicted octanol–water partition coefficient (Wildman–Crippen LogP) is 9.84. The Morgan fingerprint density at radius 1 is 0.596 bits per heavy atom. The summed E-state index contributed by atoms with van der Waals surface area (Å²) >= 11 is 0. The van der Waals surface area contributed by atoms with Gasteiger partial charge in [-0.3, -0.25) is 4.79 Å². The molecule has 0 aromatic heterocycles. The lowest BCUT2D eigenvalue weighted by Gasteiger charge is -2.40. The fraction of sp³-hybridized carbons (Fsp3) is 0.812. The summed E-state index contributed by atoms with van der Waals surface area (Å²) in [5, 5.41) is 54.1. The van der Waals surface area contributed by atoms with Crippen LogP contribution in [0, 0.1) is 0 Å². The van der Waals surface area contributed by atoms with E-state index in [0.717, 1.165) is 64.2 Å². The van der Waals surface area contributed by atoms with E-state index < -0.39 is 49.5 Å². The number of rotatable bonds is 38. The van der Waals surface area contributed by atoms with Crippen molar-refractivity contribution in [1.29, 1.82) is 0 Å². The molecule has 1 amide bonds. The van der Waals surface area contributed by atoms with Crippen LogP contribution in [0.3, 0.4) is 0 Å². The lowest BCUT2D eigenvalue weighted by Crippen LogP contribution is -2.60. The van der Waals surface area contributed by atoms with Crippen molar-refractivity contribution >= 4 is 5.91 Å². The van der Waals surface area contributed by atoms with Gasteiger partial charge in [-0.1, -0.05) is 178 Å². The molecule has 1 aliphatic heterocycles. The number of unbranched alkanes of at least 4 members (excludes halogenated alkanes) is 22. The monoisotopic (exact) mass is 806 g/mol. The minimum atomic E-state index is -1.57. The van der Waals surface area contributed by atoms with Crippen LogP contribution >= 0.6 is 0 Å². The van der Waals surface area contributed by atoms with E-state index in [1.807, 2.05) is 6.08 Å². The molecular formula is C48H87NO8. The molecule has 6 N–H and O–H groups in total. The van der Waals surface area contributed by atoms with Crippen molar-refractivity contribution in [3.8, 4) is 0 Å². The Morgan fingerprint density at radius 3 is 1.53 bits per heavy atom. The summed E-state index contributed by atoms with van der Waals surface area (Å²) in [6.07, 6.45) is 41.5. The maximum atomic E-state index is 12.9. The topological polar surface area (TPSA) is 149 Å². The Labute approximate surface area is 348 Å². The zero-order valence-electron chi connectivity index (χ0n) is 36.3. The first-order chi connectivity index (χ1) is 27.8. The molecule has 332 valence electrons. The quantitative estimate of drug-likeness (QED) is 0.0267. The summed E-state index contributed by atoms with van der Waals surface area (Å²) in [7, 11) is 0. The van der Waals surface area contributed by atoms with Crippen LogP contribution in [0.15, 0.2) is 48.6 Å². The van der Waals surface area contributed by atoms with E-state index in [-0.39, 0.29) is 12.5 Å². The Bertz CT molecular complexity index is 1030. The molecule has 0 bridgehead atoms. The first-order valence-electron chi connectivity index (χ1n) is 23.4. The zero-order chi connectivity index (χ0) is 41.6. The van der Waals surface area contributed by atoms with E-state index in [1.165, 1.54) is 109 Å². The van der Waals surface area contributed by atoms with Crippen molar-refractivity contribution in [3.63, 3.8) is 0 Å². The second kappa shape index (κ2) is 38.4. The second-order valence-corrected chi connectivity index (χ2v) is 16.2. The number of ether oxygens (including phenoxy) is 2. The van der Waals surface area contributed by atoms with Gasteiger partial charge in [0.1, 0.15) is 24.4 Å². The van der Waals surface area contributed by atoms with Crippen molar-refractivity contribution < 1.29 is 39.8 Å². The van der Waals surface area contributed by atoms with Crippen molar-refractivity contribution in [1.82, 2.24) is 5.32 Å². The van der Waals surface area contributed by atoms with Crippen LogP contribution in [0.25, 0.3) is 0 Å². The van der Waals surface area contributed by atoms with E-state index in [4.69, 9.17) is 9.47 Å². The van der Waals surface area contributed by atoms with Crippen molar-refractivity contribution in [3.05, 3.63) is 48.6 Å². The maximum absolute atomic E-state index is 12.9. The standard InChI is InChI=1S/C48H87NO8/c1-3-5-7-9-11-13-15-16-17-18-19-20-21-22-23-24-25-26-28-30-32-34-36-38-44(52)49-41(40-56-48-47(55)46(54)45(53)43(39-50)57-48)42(51)37-35-33-31-29-27-14-12-10-8-6-4-2/h15-16,18-19,21-22,35,37,41-43,45-48,50-51,53-55H,3-14,17,20,23-34,36,38-40H2,1-2H3,(H,49,52)/b16-15-,19-18-,22-21-,37-35+. The minimum absolute atomic E-state index is 0.187. The molecule has 7 atom stereocenters. The number of aliphatic hydroxyl groups is 5. The minimum Gasteiger partial charge on any atom is -0.394 e. The summed E-state index contributed by atoms with van der Waals surface area (Å²) < 4.78 is 11.2. The van der Waals surface area contributed by atoms with E-state index in [2.05, 4.69) is 55.6 Å². The number of hydrogen-bond donors (Lipinski definition) is 6. The number of allylic oxidation sites excluding steroid dienone is 7. The molecule has 1 rings (SSSR count).